The molecule has 1 aromatic rings. The zero-order valence-electron chi connectivity index (χ0n) is 14.2. The van der Waals surface area contributed by atoms with E-state index in [-0.39, 0.29) is 11.5 Å². The summed E-state index contributed by atoms with van der Waals surface area (Å²) < 4.78 is 44.9. The van der Waals surface area contributed by atoms with Gasteiger partial charge in [-0.3, -0.25) is 4.79 Å². The molecule has 6 nitrogen and oxygen atoms in total. The number of piperidine rings is 1. The maximum atomic E-state index is 13.0. The highest BCUT2D eigenvalue weighted by Crippen LogP contribution is 2.33. The molecule has 0 spiro atoms. The molecule has 1 N–H and O–H groups in total. The van der Waals surface area contributed by atoms with Gasteiger partial charge in [-0.2, -0.15) is 17.4 Å². The van der Waals surface area contributed by atoms with Crippen molar-refractivity contribution in [2.75, 3.05) is 26.7 Å². The number of thiol groups is 1. The number of esters is 1. The molecule has 1 aromatic carbocycles. The van der Waals surface area contributed by atoms with Gasteiger partial charge in [0.25, 0.3) is 0 Å². The van der Waals surface area contributed by atoms with E-state index in [0.717, 1.165) is 24.3 Å². The predicted molar refractivity (Wildman–Crippen MR) is 95.6 cm³/mol. The van der Waals surface area contributed by atoms with E-state index in [1.54, 1.807) is 6.92 Å². The highest BCUT2D eigenvalue weighted by Gasteiger charge is 2.45. The third kappa shape index (κ3) is 4.93. The number of ether oxygens (including phenoxy) is 1. The lowest BCUT2D eigenvalue weighted by Gasteiger charge is -2.41. The van der Waals surface area contributed by atoms with Crippen LogP contribution in [0, 0.1) is 5.82 Å². The van der Waals surface area contributed by atoms with Gasteiger partial charge in [-0.05, 0) is 64.2 Å². The van der Waals surface area contributed by atoms with E-state index < -0.39 is 32.6 Å². The summed E-state index contributed by atoms with van der Waals surface area (Å²) in [6, 6.07) is 3.29. The molecule has 1 fully saturated rings. The monoisotopic (exact) mass is 390 g/mol. The fourth-order valence-corrected chi connectivity index (χ4v) is 4.45. The molecule has 1 heterocycles. The van der Waals surface area contributed by atoms with Crippen molar-refractivity contribution in [3.63, 3.8) is 0 Å². The third-order valence-corrected chi connectivity index (χ3v) is 6.45. The number of halogens is 1. The number of sulfonamides is 1. The lowest BCUT2D eigenvalue weighted by Crippen LogP contribution is -2.58. The summed E-state index contributed by atoms with van der Waals surface area (Å²) in [6.45, 7) is 3.18. The number of benzene rings is 1. The highest BCUT2D eigenvalue weighted by molar-refractivity contribution is 7.89. The quantitative estimate of drug-likeness (QED) is 0.568. The van der Waals surface area contributed by atoms with Crippen molar-refractivity contribution >= 4 is 28.6 Å². The lowest BCUT2D eigenvalue weighted by atomic mass is 9.89. The Kier molecular flexibility index (Phi) is 6.47. The number of carbonyl (C=O) groups excluding carboxylic acids is 1. The molecule has 0 amide bonds. The number of hydrogen-bond acceptors (Lipinski definition) is 6. The van der Waals surface area contributed by atoms with Gasteiger partial charge in [0.1, 0.15) is 11.9 Å². The summed E-state index contributed by atoms with van der Waals surface area (Å²) in [7, 11) is -2.07. The standard InChI is InChI=1S/C16H23FN2O4S2/c1-3-23-15(20)14(16(24)8-10-19(2)11-9-16)18-25(21,22)13-6-4-12(17)5-7-13/h4-7,14,18,24H,3,8-11H2,1-2H3. The molecular formula is C16H23FN2O4S2. The number of nitrogens with zero attached hydrogens (tertiary/aromatic N) is 1. The normalized spacial score (nSPS) is 19.4. The highest BCUT2D eigenvalue weighted by atomic mass is 32.2. The van der Waals surface area contributed by atoms with Crippen LogP contribution in [-0.4, -0.2) is 56.8 Å². The average Bonchev–Trinajstić information content (AvgIpc) is 2.56. The number of carbonyl (C=O) groups is 1. The van der Waals surface area contributed by atoms with Gasteiger partial charge in [0.15, 0.2) is 0 Å². The van der Waals surface area contributed by atoms with Crippen molar-refractivity contribution in [1.29, 1.82) is 0 Å². The van der Waals surface area contributed by atoms with Crippen LogP contribution in [-0.2, 0) is 19.6 Å². The predicted octanol–water partition coefficient (Wildman–Crippen LogP) is 1.43. The Labute approximate surface area is 153 Å². The molecule has 0 aliphatic carbocycles. The van der Waals surface area contributed by atoms with Crippen LogP contribution in [0.2, 0.25) is 0 Å². The molecule has 2 rings (SSSR count). The van der Waals surface area contributed by atoms with Gasteiger partial charge in [-0.1, -0.05) is 0 Å². The van der Waals surface area contributed by atoms with Crippen LogP contribution in [0.5, 0.6) is 0 Å². The molecular weight excluding hydrogens is 367 g/mol. The van der Waals surface area contributed by atoms with Crippen molar-refractivity contribution in [3.8, 4) is 0 Å². The smallest absolute Gasteiger partial charge is 0.325 e. The Hall–Kier alpha value is -1.16. The van der Waals surface area contributed by atoms with Crippen LogP contribution in [0.4, 0.5) is 4.39 Å². The van der Waals surface area contributed by atoms with Crippen LogP contribution in [0.15, 0.2) is 29.2 Å². The number of rotatable bonds is 6. The molecule has 0 saturated carbocycles. The summed E-state index contributed by atoms with van der Waals surface area (Å²) in [5, 5.41) is 0. The van der Waals surface area contributed by atoms with Crippen LogP contribution in [0.3, 0.4) is 0 Å². The first kappa shape index (κ1) is 20.2. The minimum Gasteiger partial charge on any atom is -0.465 e. The van der Waals surface area contributed by atoms with E-state index >= 15 is 0 Å². The summed E-state index contributed by atoms with van der Waals surface area (Å²) in [4.78, 5) is 14.4. The van der Waals surface area contributed by atoms with Crippen LogP contribution < -0.4 is 4.72 Å². The fourth-order valence-electron chi connectivity index (χ4n) is 2.73. The molecule has 25 heavy (non-hydrogen) atoms. The van der Waals surface area contributed by atoms with Crippen molar-refractivity contribution in [2.24, 2.45) is 0 Å². The zero-order chi connectivity index (χ0) is 18.7. The second-order valence-corrected chi connectivity index (χ2v) is 8.77. The van der Waals surface area contributed by atoms with E-state index in [1.807, 2.05) is 7.05 Å². The molecule has 1 atom stereocenters. The molecule has 1 saturated heterocycles. The van der Waals surface area contributed by atoms with E-state index in [9.17, 15) is 17.6 Å². The zero-order valence-corrected chi connectivity index (χ0v) is 15.9. The van der Waals surface area contributed by atoms with Crippen molar-refractivity contribution in [1.82, 2.24) is 9.62 Å². The van der Waals surface area contributed by atoms with Gasteiger partial charge < -0.3 is 9.64 Å². The maximum Gasteiger partial charge on any atom is 0.325 e. The first-order valence-corrected chi connectivity index (χ1v) is 9.96. The molecule has 1 unspecified atom stereocenters. The number of hydrogen-bond donors (Lipinski definition) is 2. The first-order chi connectivity index (χ1) is 11.7. The topological polar surface area (TPSA) is 75.7 Å². The second kappa shape index (κ2) is 8.03. The van der Waals surface area contributed by atoms with Gasteiger partial charge in [0.05, 0.1) is 11.5 Å². The van der Waals surface area contributed by atoms with Gasteiger partial charge >= 0.3 is 5.97 Å². The van der Waals surface area contributed by atoms with E-state index in [4.69, 9.17) is 4.74 Å². The number of likely N-dealkylation sites (tertiary alicyclic amines) is 1. The molecule has 1 aliphatic rings. The van der Waals surface area contributed by atoms with Crippen molar-refractivity contribution in [2.45, 2.75) is 35.4 Å². The van der Waals surface area contributed by atoms with Gasteiger partial charge in [-0.15, -0.1) is 0 Å². The third-order valence-electron chi connectivity index (χ3n) is 4.31. The summed E-state index contributed by atoms with van der Waals surface area (Å²) in [5.41, 5.74) is 0. The number of nitrogens with one attached hydrogen (secondary N) is 1. The van der Waals surface area contributed by atoms with Gasteiger partial charge in [-0.25, -0.2) is 12.8 Å². The van der Waals surface area contributed by atoms with Gasteiger partial charge in [0, 0.05) is 4.75 Å². The Morgan fingerprint density at radius 3 is 2.44 bits per heavy atom. The minimum absolute atomic E-state index is 0.118. The Morgan fingerprint density at radius 2 is 1.92 bits per heavy atom. The molecule has 0 aromatic heterocycles. The van der Waals surface area contributed by atoms with Crippen LogP contribution in [0.1, 0.15) is 19.8 Å². The van der Waals surface area contributed by atoms with E-state index in [0.29, 0.717) is 25.9 Å². The van der Waals surface area contributed by atoms with Crippen LogP contribution in [0.25, 0.3) is 0 Å². The SMILES string of the molecule is CCOC(=O)C(NS(=O)(=O)c1ccc(F)cc1)C1(S)CCN(C)CC1. The largest absolute Gasteiger partial charge is 0.465 e. The van der Waals surface area contributed by atoms with E-state index in [1.165, 1.54) is 0 Å². The fraction of sp³-hybridized carbons (Fsp3) is 0.562. The molecule has 1 aliphatic heterocycles. The van der Waals surface area contributed by atoms with Gasteiger partial charge in [0.2, 0.25) is 10.0 Å². The Morgan fingerprint density at radius 1 is 1.36 bits per heavy atom. The van der Waals surface area contributed by atoms with Crippen molar-refractivity contribution < 1.29 is 22.3 Å². The molecule has 0 radical (unpaired) electrons. The molecule has 9 heteroatoms. The van der Waals surface area contributed by atoms with Crippen molar-refractivity contribution in [3.05, 3.63) is 30.1 Å². The first-order valence-electron chi connectivity index (χ1n) is 8.03. The lowest BCUT2D eigenvalue weighted by molar-refractivity contribution is -0.146. The van der Waals surface area contributed by atoms with E-state index in [2.05, 4.69) is 22.3 Å². The Bertz CT molecular complexity index is 701. The average molecular weight is 391 g/mol. The molecule has 0 bridgehead atoms. The summed E-state index contributed by atoms with van der Waals surface area (Å²) >= 11 is 4.64. The minimum atomic E-state index is -4.02. The Balaban J connectivity index is 2.29. The molecule has 140 valence electrons. The van der Waals surface area contributed by atoms with Crippen LogP contribution >= 0.6 is 12.6 Å². The second-order valence-electron chi connectivity index (χ2n) is 6.17. The maximum absolute atomic E-state index is 13.0. The summed E-state index contributed by atoms with van der Waals surface area (Å²) in [6.07, 6.45) is 1.06. The summed E-state index contributed by atoms with van der Waals surface area (Å²) in [5.74, 6) is -1.20.